The predicted molar refractivity (Wildman–Crippen MR) is 212 cm³/mol. The van der Waals surface area contributed by atoms with E-state index in [4.69, 9.17) is 18.5 Å². The zero-order valence-electron chi connectivity index (χ0n) is 32.9. The molecule has 1 aliphatic carbocycles. The number of phosphoric acid groups is 1. The Hall–Kier alpha value is -2.45. The first kappa shape index (κ1) is 50.6. The molecule has 1 saturated carbocycles. The highest BCUT2D eigenvalue weighted by molar-refractivity contribution is 7.47. The average molecular weight is 801 g/mol. The lowest BCUT2D eigenvalue weighted by molar-refractivity contribution is -0.220. The molecule has 6 N–H and O–H groups in total. The van der Waals surface area contributed by atoms with Gasteiger partial charge in [0.1, 0.15) is 43.2 Å². The number of phosphoric ester groups is 1. The fourth-order valence-electron chi connectivity index (χ4n) is 5.61. The lowest BCUT2D eigenvalue weighted by Gasteiger charge is -2.41. The van der Waals surface area contributed by atoms with Crippen molar-refractivity contribution >= 4 is 19.8 Å². The molecule has 0 amide bonds. The normalized spacial score (nSPS) is 23.7. The summed E-state index contributed by atoms with van der Waals surface area (Å²) in [6, 6.07) is 0. The Morgan fingerprint density at radius 1 is 0.582 bits per heavy atom. The van der Waals surface area contributed by atoms with E-state index in [0.717, 1.165) is 57.8 Å². The Morgan fingerprint density at radius 2 is 1.04 bits per heavy atom. The lowest BCUT2D eigenvalue weighted by atomic mass is 9.85. The Kier molecular flexibility index (Phi) is 29.1. The Balaban J connectivity index is 2.55. The van der Waals surface area contributed by atoms with Crippen LogP contribution in [-0.2, 0) is 32.7 Å². The Bertz CT molecular complexity index is 1200. The first-order valence-electron chi connectivity index (χ1n) is 20.1. The molecule has 0 heterocycles. The molecular weight excluding hydrogens is 731 g/mol. The summed E-state index contributed by atoms with van der Waals surface area (Å²) in [6.07, 6.45) is 23.1. The number of carbonyl (C=O) groups is 2. The molecule has 13 nitrogen and oxygen atoms in total. The number of aliphatic hydroxyl groups excluding tert-OH is 5. The summed E-state index contributed by atoms with van der Waals surface area (Å²) in [4.78, 5) is 35.4. The van der Waals surface area contributed by atoms with Crippen molar-refractivity contribution in [3.63, 3.8) is 0 Å². The highest BCUT2D eigenvalue weighted by Crippen LogP contribution is 2.47. The molecule has 1 rings (SSSR count). The van der Waals surface area contributed by atoms with E-state index in [2.05, 4.69) is 62.5 Å². The topological polar surface area (TPSA) is 210 Å². The van der Waals surface area contributed by atoms with Crippen LogP contribution in [0, 0.1) is 0 Å². The van der Waals surface area contributed by atoms with Gasteiger partial charge in [0, 0.05) is 12.8 Å². The van der Waals surface area contributed by atoms with E-state index in [9.17, 15) is 44.6 Å². The van der Waals surface area contributed by atoms with Gasteiger partial charge in [0.05, 0.1) is 6.61 Å². The summed E-state index contributed by atoms with van der Waals surface area (Å²) in [6.45, 7) is 3.07. The summed E-state index contributed by atoms with van der Waals surface area (Å²) in [5, 5.41) is 49.9. The van der Waals surface area contributed by atoms with Crippen LogP contribution in [0.1, 0.15) is 129 Å². The number of allylic oxidation sites excluding steroid dienone is 10. The van der Waals surface area contributed by atoms with Crippen LogP contribution in [0.25, 0.3) is 0 Å². The van der Waals surface area contributed by atoms with Crippen molar-refractivity contribution in [2.24, 2.45) is 0 Å². The molecule has 0 saturated heterocycles. The molecular formula is C41H69O13P. The molecule has 316 valence electrons. The van der Waals surface area contributed by atoms with Crippen LogP contribution in [0.3, 0.4) is 0 Å². The number of carbonyl (C=O) groups excluding carboxylic acids is 2. The SMILES string of the molecule is CC/C=C\C/C=C\C/C=C\C/C=C\C/C=C\CCCC(=O)OC[C@H](COP(=O)(O)OC1C(O)C(O)C(O)[C@@H](O)C1O)OC(=O)CCCCCCCCCCC. The molecule has 6 unspecified atom stereocenters. The highest BCUT2D eigenvalue weighted by Gasteiger charge is 2.51. The standard InChI is InChI=1S/C41H69O13P/c1-3-5-7-9-11-13-14-15-16-17-18-19-20-22-23-25-27-29-34(42)51-31-33(53-35(43)30-28-26-24-21-12-10-8-6-4-2)32-52-55(49,50)54-41-39(47)37(45)36(44)38(46)40(41)48/h5,7,11,13,15-16,18-19,22-23,33,36-41,44-48H,3-4,6,8-10,12,14,17,20-21,24-32H2,1-2H3,(H,49,50)/b7-5-,13-11-,16-15-,19-18-,23-22-/t33-,36?,37-,38?,39?,40?,41?/m1/s1. The molecule has 0 aromatic carbocycles. The van der Waals surface area contributed by atoms with Gasteiger partial charge in [0.2, 0.25) is 0 Å². The Labute approximate surface area is 328 Å². The van der Waals surface area contributed by atoms with Gasteiger partial charge in [0.15, 0.2) is 6.10 Å². The number of rotatable bonds is 31. The maximum atomic E-state index is 12.7. The molecule has 0 bridgehead atoms. The molecule has 1 aliphatic rings. The van der Waals surface area contributed by atoms with Gasteiger partial charge >= 0.3 is 19.8 Å². The van der Waals surface area contributed by atoms with Gasteiger partial charge in [-0.05, 0) is 51.4 Å². The lowest BCUT2D eigenvalue weighted by Crippen LogP contribution is -2.64. The predicted octanol–water partition coefficient (Wildman–Crippen LogP) is 6.60. The molecule has 0 aromatic rings. The van der Waals surface area contributed by atoms with Crippen molar-refractivity contribution in [2.75, 3.05) is 13.2 Å². The zero-order valence-corrected chi connectivity index (χ0v) is 33.8. The van der Waals surface area contributed by atoms with E-state index in [1.165, 1.54) is 25.7 Å². The second kappa shape index (κ2) is 31.6. The summed E-state index contributed by atoms with van der Waals surface area (Å²) in [5.41, 5.74) is 0. The van der Waals surface area contributed by atoms with Crippen LogP contribution in [-0.4, -0.2) is 98.3 Å². The number of hydrogen-bond acceptors (Lipinski definition) is 12. The number of hydrogen-bond donors (Lipinski definition) is 6. The van der Waals surface area contributed by atoms with Crippen molar-refractivity contribution in [3.05, 3.63) is 60.8 Å². The van der Waals surface area contributed by atoms with Gasteiger partial charge in [-0.1, -0.05) is 126 Å². The van der Waals surface area contributed by atoms with Gasteiger partial charge in [-0.25, -0.2) is 4.57 Å². The van der Waals surface area contributed by atoms with Crippen LogP contribution in [0.4, 0.5) is 0 Å². The second-order valence-corrected chi connectivity index (χ2v) is 15.2. The van der Waals surface area contributed by atoms with Crippen molar-refractivity contribution in [2.45, 2.75) is 172 Å². The Morgan fingerprint density at radius 3 is 1.56 bits per heavy atom. The fourth-order valence-corrected chi connectivity index (χ4v) is 6.59. The van der Waals surface area contributed by atoms with Crippen molar-refractivity contribution in [1.82, 2.24) is 0 Å². The van der Waals surface area contributed by atoms with Crippen LogP contribution in [0.5, 0.6) is 0 Å². The van der Waals surface area contributed by atoms with Crippen LogP contribution >= 0.6 is 7.82 Å². The second-order valence-electron chi connectivity index (χ2n) is 13.8. The van der Waals surface area contributed by atoms with Crippen molar-refractivity contribution in [1.29, 1.82) is 0 Å². The van der Waals surface area contributed by atoms with Crippen molar-refractivity contribution in [3.8, 4) is 0 Å². The molecule has 8 atom stereocenters. The van der Waals surface area contributed by atoms with Crippen LogP contribution in [0.2, 0.25) is 0 Å². The van der Waals surface area contributed by atoms with Gasteiger partial charge in [-0.2, -0.15) is 0 Å². The van der Waals surface area contributed by atoms with E-state index in [1.54, 1.807) is 0 Å². The smallest absolute Gasteiger partial charge is 0.462 e. The molecule has 1 fully saturated rings. The third-order valence-corrected chi connectivity index (χ3v) is 9.86. The third kappa shape index (κ3) is 24.7. The molecule has 0 spiro atoms. The number of ether oxygens (including phenoxy) is 2. The largest absolute Gasteiger partial charge is 0.472 e. The molecule has 0 radical (unpaired) electrons. The van der Waals surface area contributed by atoms with Gasteiger partial charge in [-0.3, -0.25) is 18.6 Å². The number of unbranched alkanes of at least 4 members (excludes halogenated alkanes) is 9. The zero-order chi connectivity index (χ0) is 40.7. The minimum Gasteiger partial charge on any atom is -0.462 e. The monoisotopic (exact) mass is 800 g/mol. The summed E-state index contributed by atoms with van der Waals surface area (Å²) < 4.78 is 33.3. The summed E-state index contributed by atoms with van der Waals surface area (Å²) in [7, 11) is -5.12. The quantitative estimate of drug-likeness (QED) is 0.0189. The highest BCUT2D eigenvalue weighted by atomic mass is 31.2. The van der Waals surface area contributed by atoms with E-state index in [0.29, 0.717) is 19.3 Å². The van der Waals surface area contributed by atoms with E-state index in [1.807, 2.05) is 12.2 Å². The summed E-state index contributed by atoms with van der Waals surface area (Å²) >= 11 is 0. The van der Waals surface area contributed by atoms with Gasteiger partial charge in [0.25, 0.3) is 0 Å². The first-order valence-corrected chi connectivity index (χ1v) is 21.6. The minimum atomic E-state index is -5.12. The van der Waals surface area contributed by atoms with E-state index >= 15 is 0 Å². The van der Waals surface area contributed by atoms with Crippen LogP contribution in [0.15, 0.2) is 60.8 Å². The summed E-state index contributed by atoms with van der Waals surface area (Å²) in [5.74, 6) is -1.18. The number of aliphatic hydroxyl groups is 5. The third-order valence-electron chi connectivity index (χ3n) is 8.87. The van der Waals surface area contributed by atoms with Crippen LogP contribution < -0.4 is 0 Å². The van der Waals surface area contributed by atoms with Gasteiger partial charge < -0.3 is 39.9 Å². The minimum absolute atomic E-state index is 0.0827. The molecule has 0 aromatic heterocycles. The van der Waals surface area contributed by atoms with E-state index in [-0.39, 0.29) is 12.8 Å². The molecule has 0 aliphatic heterocycles. The maximum absolute atomic E-state index is 12.7. The fraction of sp³-hybridized carbons (Fsp3) is 0.707. The maximum Gasteiger partial charge on any atom is 0.472 e. The van der Waals surface area contributed by atoms with E-state index < -0.39 is 75.7 Å². The van der Waals surface area contributed by atoms with Gasteiger partial charge in [-0.15, -0.1) is 0 Å². The first-order chi connectivity index (χ1) is 26.4. The molecule has 55 heavy (non-hydrogen) atoms. The average Bonchev–Trinajstić information content (AvgIpc) is 3.16. The number of esters is 2. The van der Waals surface area contributed by atoms with Crippen molar-refractivity contribution < 1.29 is 63.1 Å². The molecule has 14 heteroatoms.